The summed E-state index contributed by atoms with van der Waals surface area (Å²) in [7, 11) is -0.0623. The maximum absolute atomic E-state index is 11.9. The summed E-state index contributed by atoms with van der Waals surface area (Å²) in [5, 5.41) is 26.4. The van der Waals surface area contributed by atoms with Gasteiger partial charge < -0.3 is 14.9 Å². The van der Waals surface area contributed by atoms with E-state index < -0.39 is 23.0 Å². The second-order valence-corrected chi connectivity index (χ2v) is 5.10. The van der Waals surface area contributed by atoms with Crippen LogP contribution in [-0.2, 0) is 10.8 Å². The van der Waals surface area contributed by atoms with Crippen molar-refractivity contribution in [2.24, 2.45) is 0 Å². The van der Waals surface area contributed by atoms with Crippen molar-refractivity contribution in [1.29, 1.82) is 0 Å². The first-order valence-electron chi connectivity index (χ1n) is 5.11. The van der Waals surface area contributed by atoms with Gasteiger partial charge in [-0.1, -0.05) is 0 Å². The molecule has 0 amide bonds. The first-order valence-corrected chi connectivity index (χ1v) is 6.43. The predicted molar refractivity (Wildman–Crippen MR) is 62.2 cm³/mol. The Morgan fingerprint density at radius 3 is 2.53 bits per heavy atom. The zero-order valence-electron chi connectivity index (χ0n) is 9.95. The molecule has 1 rings (SSSR count). The zero-order chi connectivity index (χ0) is 13.0. The van der Waals surface area contributed by atoms with Crippen LogP contribution in [0.25, 0.3) is 0 Å². The van der Waals surface area contributed by atoms with Gasteiger partial charge in [0.05, 0.1) is 35.9 Å². The largest absolute Gasteiger partial charge is 0.480 e. The van der Waals surface area contributed by atoms with E-state index in [0.29, 0.717) is 5.56 Å². The van der Waals surface area contributed by atoms with E-state index in [1.165, 1.54) is 20.1 Å². The van der Waals surface area contributed by atoms with Gasteiger partial charge in [-0.15, -0.1) is 10.2 Å². The van der Waals surface area contributed by atoms with Crippen LogP contribution < -0.4 is 4.74 Å². The minimum absolute atomic E-state index is 0.0563. The topological polar surface area (TPSA) is 92.5 Å². The molecule has 0 bridgehead atoms. The Labute approximate surface area is 102 Å². The van der Waals surface area contributed by atoms with Crippen LogP contribution >= 0.6 is 0 Å². The smallest absolute Gasteiger partial charge is 0.233 e. The van der Waals surface area contributed by atoms with Gasteiger partial charge in [0.15, 0.2) is 5.03 Å². The minimum Gasteiger partial charge on any atom is -0.480 e. The third-order valence-electron chi connectivity index (χ3n) is 2.03. The highest BCUT2D eigenvalue weighted by molar-refractivity contribution is 7.85. The van der Waals surface area contributed by atoms with Crippen molar-refractivity contribution in [1.82, 2.24) is 10.2 Å². The molecule has 0 fully saturated rings. The van der Waals surface area contributed by atoms with Crippen LogP contribution in [0.15, 0.2) is 11.1 Å². The normalized spacial score (nSPS) is 16.3. The molecule has 7 heteroatoms. The van der Waals surface area contributed by atoms with Gasteiger partial charge in [0.2, 0.25) is 5.88 Å². The molecule has 2 N–H and O–H groups in total. The second-order valence-electron chi connectivity index (χ2n) is 3.68. The summed E-state index contributed by atoms with van der Waals surface area (Å²) >= 11 is 0. The molecule has 3 unspecified atom stereocenters. The Hall–Kier alpha value is -1.05. The maximum atomic E-state index is 11.9. The lowest BCUT2D eigenvalue weighted by molar-refractivity contribution is 0.193. The number of methoxy groups -OCH3 is 1. The molecular formula is C10H16N2O4S. The van der Waals surface area contributed by atoms with E-state index in [2.05, 4.69) is 10.2 Å². The van der Waals surface area contributed by atoms with Gasteiger partial charge in [-0.2, -0.15) is 0 Å². The molecule has 96 valence electrons. The SMILES string of the molecule is COc1cc(C(C)O)c(S(=O)CC(C)O)nn1. The van der Waals surface area contributed by atoms with Crippen molar-refractivity contribution < 1.29 is 19.2 Å². The lowest BCUT2D eigenvalue weighted by Gasteiger charge is -2.11. The molecular weight excluding hydrogens is 244 g/mol. The molecule has 17 heavy (non-hydrogen) atoms. The Morgan fingerprint density at radius 1 is 1.41 bits per heavy atom. The van der Waals surface area contributed by atoms with Crippen LogP contribution in [0.4, 0.5) is 0 Å². The standard InChI is InChI=1S/C10H16N2O4S/c1-6(13)5-17(15)10-8(7(2)14)4-9(16-3)11-12-10/h4,6-7,13-14H,5H2,1-3H3. The van der Waals surface area contributed by atoms with Crippen LogP contribution in [0.5, 0.6) is 5.88 Å². The van der Waals surface area contributed by atoms with Gasteiger partial charge in [0, 0.05) is 11.6 Å². The highest BCUT2D eigenvalue weighted by Crippen LogP contribution is 2.22. The van der Waals surface area contributed by atoms with Crippen LogP contribution in [0, 0.1) is 0 Å². The van der Waals surface area contributed by atoms with E-state index in [-0.39, 0.29) is 16.7 Å². The average molecular weight is 260 g/mol. The molecule has 3 atom stereocenters. The molecule has 0 aliphatic carbocycles. The lowest BCUT2D eigenvalue weighted by atomic mass is 10.2. The molecule has 0 radical (unpaired) electrons. The Bertz CT molecular complexity index is 409. The fraction of sp³-hybridized carbons (Fsp3) is 0.600. The van der Waals surface area contributed by atoms with Gasteiger partial charge >= 0.3 is 0 Å². The fourth-order valence-corrected chi connectivity index (χ4v) is 2.47. The third kappa shape index (κ3) is 3.72. The number of aliphatic hydroxyl groups excluding tert-OH is 2. The molecule has 1 aromatic rings. The summed E-state index contributed by atoms with van der Waals surface area (Å²) in [6.07, 6.45) is -1.53. The predicted octanol–water partition coefficient (Wildman–Crippen LogP) is 0.0269. The van der Waals surface area contributed by atoms with Crippen LogP contribution in [0.1, 0.15) is 25.5 Å². The number of nitrogens with zero attached hydrogens (tertiary/aromatic N) is 2. The Kier molecular flexibility index (Phi) is 4.98. The van der Waals surface area contributed by atoms with E-state index in [0.717, 1.165) is 0 Å². The number of hydrogen-bond donors (Lipinski definition) is 2. The maximum Gasteiger partial charge on any atom is 0.233 e. The average Bonchev–Trinajstić information content (AvgIpc) is 2.27. The first kappa shape index (κ1) is 14.0. The molecule has 0 saturated carbocycles. The number of hydrogen-bond acceptors (Lipinski definition) is 6. The van der Waals surface area contributed by atoms with Crippen molar-refractivity contribution in [3.05, 3.63) is 11.6 Å². The van der Waals surface area contributed by atoms with Crippen molar-refractivity contribution in [3.63, 3.8) is 0 Å². The van der Waals surface area contributed by atoms with E-state index in [1.54, 1.807) is 6.92 Å². The second kappa shape index (κ2) is 6.04. The van der Waals surface area contributed by atoms with Crippen molar-refractivity contribution in [3.8, 4) is 5.88 Å². The zero-order valence-corrected chi connectivity index (χ0v) is 10.8. The number of aliphatic hydroxyl groups is 2. The van der Waals surface area contributed by atoms with Gasteiger partial charge in [0.25, 0.3) is 0 Å². The van der Waals surface area contributed by atoms with Crippen LogP contribution in [-0.4, -0.2) is 43.6 Å². The quantitative estimate of drug-likeness (QED) is 0.775. The first-order chi connectivity index (χ1) is 7.95. The summed E-state index contributed by atoms with van der Waals surface area (Å²) in [6, 6.07) is 1.49. The van der Waals surface area contributed by atoms with E-state index in [1.807, 2.05) is 0 Å². The third-order valence-corrected chi connectivity index (χ3v) is 3.57. The number of ether oxygens (including phenoxy) is 1. The number of aromatic nitrogens is 2. The van der Waals surface area contributed by atoms with E-state index in [4.69, 9.17) is 4.74 Å². The van der Waals surface area contributed by atoms with Crippen LogP contribution in [0.2, 0.25) is 0 Å². The molecule has 0 spiro atoms. The molecule has 1 aromatic heterocycles. The Morgan fingerprint density at radius 2 is 2.06 bits per heavy atom. The van der Waals surface area contributed by atoms with E-state index >= 15 is 0 Å². The Balaban J connectivity index is 3.10. The van der Waals surface area contributed by atoms with E-state index in [9.17, 15) is 14.4 Å². The van der Waals surface area contributed by atoms with Gasteiger partial charge in [-0.25, -0.2) is 0 Å². The summed E-state index contributed by atoms with van der Waals surface area (Å²) in [4.78, 5) is 0. The van der Waals surface area contributed by atoms with Gasteiger partial charge in [-0.3, -0.25) is 4.21 Å². The van der Waals surface area contributed by atoms with Crippen molar-refractivity contribution in [2.75, 3.05) is 12.9 Å². The van der Waals surface area contributed by atoms with Gasteiger partial charge in [0.1, 0.15) is 0 Å². The molecule has 0 aliphatic rings. The van der Waals surface area contributed by atoms with Gasteiger partial charge in [-0.05, 0) is 13.8 Å². The summed E-state index contributed by atoms with van der Waals surface area (Å²) in [5.41, 5.74) is 0.399. The van der Waals surface area contributed by atoms with Crippen molar-refractivity contribution in [2.45, 2.75) is 31.1 Å². The summed E-state index contributed by atoms with van der Waals surface area (Å²) in [5.74, 6) is 0.305. The minimum atomic E-state index is -1.50. The molecule has 0 aliphatic heterocycles. The summed E-state index contributed by atoms with van der Waals surface area (Å²) in [6.45, 7) is 3.08. The lowest BCUT2D eigenvalue weighted by Crippen LogP contribution is -2.16. The highest BCUT2D eigenvalue weighted by Gasteiger charge is 2.18. The highest BCUT2D eigenvalue weighted by atomic mass is 32.2. The monoisotopic (exact) mass is 260 g/mol. The van der Waals surface area contributed by atoms with Crippen LogP contribution in [0.3, 0.4) is 0 Å². The molecule has 0 saturated heterocycles. The molecule has 0 aromatic carbocycles. The molecule has 6 nitrogen and oxygen atoms in total. The van der Waals surface area contributed by atoms with Crippen molar-refractivity contribution >= 4 is 10.8 Å². The number of rotatable bonds is 5. The fourth-order valence-electron chi connectivity index (χ4n) is 1.25. The molecule has 1 heterocycles. The summed E-state index contributed by atoms with van der Waals surface area (Å²) < 4.78 is 16.8.